The molecule has 1 heterocycles. The fourth-order valence-corrected chi connectivity index (χ4v) is 1.99. The van der Waals surface area contributed by atoms with Crippen molar-refractivity contribution in [3.05, 3.63) is 40.2 Å². The second kappa shape index (κ2) is 8.00. The summed E-state index contributed by atoms with van der Waals surface area (Å²) in [6.45, 7) is 3.94. The molecule has 3 N–H and O–H groups in total. The maximum absolute atomic E-state index is 11.6. The van der Waals surface area contributed by atoms with Crippen molar-refractivity contribution >= 4 is 22.9 Å². The van der Waals surface area contributed by atoms with Crippen LogP contribution < -0.4 is 26.5 Å². The number of aryl methyl sites for hydroxylation is 1. The number of carbonyl (C=O) groups excluding carboxylic acids is 2. The van der Waals surface area contributed by atoms with Crippen molar-refractivity contribution in [2.24, 2.45) is 0 Å². The van der Waals surface area contributed by atoms with E-state index in [2.05, 4.69) is 16.2 Å². The molecule has 0 fully saturated rings. The predicted molar refractivity (Wildman–Crippen MR) is 87.7 cm³/mol. The number of hydrogen-bond acceptors (Lipinski definition) is 5. The Morgan fingerprint density at radius 1 is 1.21 bits per heavy atom. The molecule has 128 valence electrons. The van der Waals surface area contributed by atoms with Crippen LogP contribution in [0.5, 0.6) is 5.75 Å². The average molecular weight is 333 g/mol. The Bertz CT molecular complexity index is 800. The highest BCUT2D eigenvalue weighted by molar-refractivity contribution is 5.83. The van der Waals surface area contributed by atoms with E-state index in [9.17, 15) is 14.4 Å². The van der Waals surface area contributed by atoms with Crippen LogP contribution in [0.3, 0.4) is 0 Å². The first-order valence-electron chi connectivity index (χ1n) is 7.49. The molecule has 0 bridgehead atoms. The zero-order valence-corrected chi connectivity index (χ0v) is 13.5. The van der Waals surface area contributed by atoms with Gasteiger partial charge in [0.15, 0.2) is 6.61 Å². The fraction of sp³-hybridized carbons (Fsp3) is 0.312. The van der Waals surface area contributed by atoms with Crippen molar-refractivity contribution in [1.82, 2.24) is 16.2 Å². The van der Waals surface area contributed by atoms with Crippen LogP contribution in [0.4, 0.5) is 4.79 Å². The Labute approximate surface area is 138 Å². The van der Waals surface area contributed by atoms with E-state index in [1.807, 2.05) is 13.8 Å². The second-order valence-corrected chi connectivity index (χ2v) is 5.12. The molecule has 3 amide bonds. The number of ether oxygens (including phenoxy) is 1. The Morgan fingerprint density at radius 3 is 2.75 bits per heavy atom. The summed E-state index contributed by atoms with van der Waals surface area (Å²) in [6.07, 6.45) is 0.794. The van der Waals surface area contributed by atoms with E-state index < -0.39 is 17.6 Å². The predicted octanol–water partition coefficient (Wildman–Crippen LogP) is 1.22. The molecule has 0 aliphatic rings. The minimum Gasteiger partial charge on any atom is -0.484 e. The molecule has 0 atom stereocenters. The summed E-state index contributed by atoms with van der Waals surface area (Å²) in [7, 11) is 0. The van der Waals surface area contributed by atoms with E-state index in [1.165, 1.54) is 6.07 Å². The van der Waals surface area contributed by atoms with Gasteiger partial charge in [0.25, 0.3) is 5.91 Å². The molecule has 0 aliphatic carbocycles. The van der Waals surface area contributed by atoms with Gasteiger partial charge in [-0.15, -0.1) is 0 Å². The topological polar surface area (TPSA) is 110 Å². The summed E-state index contributed by atoms with van der Waals surface area (Å²) < 4.78 is 10.4. The molecule has 0 saturated heterocycles. The zero-order valence-electron chi connectivity index (χ0n) is 13.5. The van der Waals surface area contributed by atoms with E-state index >= 15 is 0 Å². The minimum absolute atomic E-state index is 0.296. The third kappa shape index (κ3) is 4.73. The highest BCUT2D eigenvalue weighted by atomic mass is 16.5. The lowest BCUT2D eigenvalue weighted by atomic mass is 10.1. The van der Waals surface area contributed by atoms with Crippen LogP contribution in [0, 0.1) is 6.92 Å². The van der Waals surface area contributed by atoms with Crippen LogP contribution in [-0.2, 0) is 4.79 Å². The lowest BCUT2D eigenvalue weighted by Gasteiger charge is -2.10. The summed E-state index contributed by atoms with van der Waals surface area (Å²) in [6, 6.07) is 5.87. The first kappa shape index (κ1) is 17.3. The second-order valence-electron chi connectivity index (χ2n) is 5.12. The van der Waals surface area contributed by atoms with E-state index in [4.69, 9.17) is 9.15 Å². The summed E-state index contributed by atoms with van der Waals surface area (Å²) in [5.74, 6) is -0.144. The summed E-state index contributed by atoms with van der Waals surface area (Å²) in [5.41, 5.74) is 5.16. The standard InChI is InChI=1S/C16H19N3O5/c1-3-6-17-16(22)19-18-14(20)9-23-11-4-5-12-10(2)7-15(21)24-13(12)8-11/h4-5,7-8H,3,6,9H2,1-2H3,(H,18,20)(H2,17,19,22). The number of benzene rings is 1. The van der Waals surface area contributed by atoms with Crippen LogP contribution in [0.15, 0.2) is 33.5 Å². The van der Waals surface area contributed by atoms with Crippen LogP contribution in [0.25, 0.3) is 11.0 Å². The normalized spacial score (nSPS) is 10.2. The zero-order chi connectivity index (χ0) is 17.5. The largest absolute Gasteiger partial charge is 0.484 e. The Balaban J connectivity index is 1.90. The molecule has 0 radical (unpaired) electrons. The van der Waals surface area contributed by atoms with Gasteiger partial charge in [-0.1, -0.05) is 6.92 Å². The molecule has 0 aliphatic heterocycles. The van der Waals surface area contributed by atoms with Gasteiger partial charge in [-0.25, -0.2) is 15.0 Å². The smallest absolute Gasteiger partial charge is 0.336 e. The van der Waals surface area contributed by atoms with Crippen LogP contribution in [0.1, 0.15) is 18.9 Å². The summed E-state index contributed by atoms with van der Waals surface area (Å²) >= 11 is 0. The summed E-state index contributed by atoms with van der Waals surface area (Å²) in [4.78, 5) is 34.3. The molecule has 0 spiro atoms. The van der Waals surface area contributed by atoms with E-state index in [0.29, 0.717) is 17.9 Å². The Kier molecular flexibility index (Phi) is 5.78. The van der Waals surface area contributed by atoms with Gasteiger partial charge in [-0.3, -0.25) is 10.2 Å². The Hall–Kier alpha value is -3.03. The number of nitrogens with one attached hydrogen (secondary N) is 3. The average Bonchev–Trinajstić information content (AvgIpc) is 2.55. The lowest BCUT2D eigenvalue weighted by molar-refractivity contribution is -0.123. The number of carbonyl (C=O) groups is 2. The summed E-state index contributed by atoms with van der Waals surface area (Å²) in [5, 5.41) is 3.34. The number of hydrazine groups is 1. The van der Waals surface area contributed by atoms with E-state index in [1.54, 1.807) is 18.2 Å². The minimum atomic E-state index is -0.521. The first-order chi connectivity index (χ1) is 11.5. The van der Waals surface area contributed by atoms with Gasteiger partial charge in [0.2, 0.25) is 0 Å². The highest BCUT2D eigenvalue weighted by Gasteiger charge is 2.07. The van der Waals surface area contributed by atoms with Gasteiger partial charge in [0.05, 0.1) is 0 Å². The number of fused-ring (bicyclic) bond motifs is 1. The van der Waals surface area contributed by atoms with Gasteiger partial charge in [0, 0.05) is 24.1 Å². The maximum atomic E-state index is 11.6. The van der Waals surface area contributed by atoms with Crippen molar-refractivity contribution in [2.75, 3.05) is 13.2 Å². The van der Waals surface area contributed by atoms with Crippen LogP contribution in [0.2, 0.25) is 0 Å². The molecule has 24 heavy (non-hydrogen) atoms. The van der Waals surface area contributed by atoms with Gasteiger partial charge >= 0.3 is 11.7 Å². The number of amides is 3. The van der Waals surface area contributed by atoms with Crippen molar-refractivity contribution in [3.63, 3.8) is 0 Å². The van der Waals surface area contributed by atoms with Crippen molar-refractivity contribution in [2.45, 2.75) is 20.3 Å². The molecular formula is C16H19N3O5. The fourth-order valence-electron chi connectivity index (χ4n) is 1.99. The molecule has 0 saturated carbocycles. The van der Waals surface area contributed by atoms with Gasteiger partial charge in [0.1, 0.15) is 11.3 Å². The van der Waals surface area contributed by atoms with Crippen molar-refractivity contribution < 1.29 is 18.7 Å². The third-order valence-electron chi connectivity index (χ3n) is 3.14. The van der Waals surface area contributed by atoms with E-state index in [-0.39, 0.29) is 6.61 Å². The van der Waals surface area contributed by atoms with Gasteiger partial charge in [-0.05, 0) is 31.0 Å². The Morgan fingerprint density at radius 2 is 2.00 bits per heavy atom. The van der Waals surface area contributed by atoms with E-state index in [0.717, 1.165) is 17.4 Å². The highest BCUT2D eigenvalue weighted by Crippen LogP contribution is 2.22. The number of hydrogen-bond donors (Lipinski definition) is 3. The SMILES string of the molecule is CCCNC(=O)NNC(=O)COc1ccc2c(C)cc(=O)oc2c1. The monoisotopic (exact) mass is 333 g/mol. The molecule has 0 unspecified atom stereocenters. The number of urea groups is 1. The van der Waals surface area contributed by atoms with Crippen molar-refractivity contribution in [1.29, 1.82) is 0 Å². The molecular weight excluding hydrogens is 314 g/mol. The van der Waals surface area contributed by atoms with Crippen LogP contribution in [-0.4, -0.2) is 25.1 Å². The number of rotatable bonds is 5. The molecule has 2 aromatic rings. The maximum Gasteiger partial charge on any atom is 0.336 e. The molecule has 2 rings (SSSR count). The van der Waals surface area contributed by atoms with Gasteiger partial charge in [-0.2, -0.15) is 0 Å². The van der Waals surface area contributed by atoms with Gasteiger partial charge < -0.3 is 14.5 Å². The molecule has 1 aromatic heterocycles. The van der Waals surface area contributed by atoms with Crippen LogP contribution >= 0.6 is 0 Å². The quantitative estimate of drug-likeness (QED) is 0.563. The first-order valence-corrected chi connectivity index (χ1v) is 7.49. The molecule has 8 nitrogen and oxygen atoms in total. The molecule has 1 aromatic carbocycles. The molecule has 8 heteroatoms. The lowest BCUT2D eigenvalue weighted by Crippen LogP contribution is -2.48. The third-order valence-corrected chi connectivity index (χ3v) is 3.14. The van der Waals surface area contributed by atoms with Crippen molar-refractivity contribution in [3.8, 4) is 5.75 Å².